The minimum Gasteiger partial charge on any atom is -0.377 e. The summed E-state index contributed by atoms with van der Waals surface area (Å²) in [5.41, 5.74) is 2.31. The molecular weight excluding hydrogens is 230 g/mol. The number of nitrogens with one attached hydrogen (secondary N) is 1. The first kappa shape index (κ1) is 11.1. The summed E-state index contributed by atoms with van der Waals surface area (Å²) in [6.07, 6.45) is 0.427. The summed E-state index contributed by atoms with van der Waals surface area (Å²) in [5, 5.41) is 11.9. The zero-order chi connectivity index (χ0) is 12.5. The normalized spacial score (nSPS) is 22.3. The molecule has 2 aliphatic rings. The first-order valence-electron chi connectivity index (χ1n) is 5.96. The molecule has 0 saturated carbocycles. The highest BCUT2D eigenvalue weighted by Crippen LogP contribution is 2.33. The van der Waals surface area contributed by atoms with Crippen LogP contribution in [0.4, 0.5) is 11.4 Å². The molecule has 0 aromatic heterocycles. The van der Waals surface area contributed by atoms with Crippen molar-refractivity contribution < 1.29 is 9.53 Å². The number of nitriles is 1. The molecule has 0 radical (unpaired) electrons. The van der Waals surface area contributed by atoms with E-state index >= 15 is 0 Å². The Morgan fingerprint density at radius 2 is 2.39 bits per heavy atom. The molecule has 0 spiro atoms. The summed E-state index contributed by atoms with van der Waals surface area (Å²) in [4.78, 5) is 14.0. The zero-order valence-corrected chi connectivity index (χ0v) is 9.85. The van der Waals surface area contributed by atoms with Crippen LogP contribution in [0.3, 0.4) is 0 Å². The molecule has 0 bridgehead atoms. The van der Waals surface area contributed by atoms with E-state index in [1.165, 1.54) is 0 Å². The average molecular weight is 243 g/mol. The van der Waals surface area contributed by atoms with E-state index in [0.29, 0.717) is 25.2 Å². The second-order valence-corrected chi connectivity index (χ2v) is 4.52. The van der Waals surface area contributed by atoms with Crippen LogP contribution < -0.4 is 10.2 Å². The maximum atomic E-state index is 11.8. The van der Waals surface area contributed by atoms with Crippen molar-refractivity contribution >= 4 is 17.3 Å². The maximum Gasteiger partial charge on any atom is 0.226 e. The molecule has 1 atom stereocenters. The molecule has 2 heterocycles. The fourth-order valence-electron chi connectivity index (χ4n) is 2.50. The first-order valence-corrected chi connectivity index (χ1v) is 5.96. The Bertz CT molecular complexity index is 536. The number of fused-ring (bicyclic) bond motifs is 3. The van der Waals surface area contributed by atoms with Gasteiger partial charge in [-0.25, -0.2) is 0 Å². The van der Waals surface area contributed by atoms with E-state index < -0.39 is 0 Å². The van der Waals surface area contributed by atoms with Crippen molar-refractivity contribution in [1.82, 2.24) is 0 Å². The van der Waals surface area contributed by atoms with Crippen molar-refractivity contribution in [2.24, 2.45) is 0 Å². The summed E-state index contributed by atoms with van der Waals surface area (Å²) in [6, 6.07) is 7.55. The fourth-order valence-corrected chi connectivity index (χ4v) is 2.50. The third-order valence-corrected chi connectivity index (χ3v) is 3.36. The molecule has 5 heteroatoms. The van der Waals surface area contributed by atoms with Crippen LogP contribution in [-0.4, -0.2) is 31.7 Å². The van der Waals surface area contributed by atoms with Gasteiger partial charge in [-0.05, 0) is 18.2 Å². The lowest BCUT2D eigenvalue weighted by Crippen LogP contribution is -2.45. The average Bonchev–Trinajstić information content (AvgIpc) is 2.53. The van der Waals surface area contributed by atoms with Gasteiger partial charge in [-0.3, -0.25) is 4.79 Å². The Morgan fingerprint density at radius 3 is 3.22 bits per heavy atom. The standard InChI is InChI=1S/C13H13N3O2/c14-7-9-1-2-11-12(5-9)16-3-4-18-8-10(16)6-13(17)15-11/h1-2,5,10H,3-4,6,8H2,(H,15,17). The first-order chi connectivity index (χ1) is 8.78. The van der Waals surface area contributed by atoms with Gasteiger partial charge in [0, 0.05) is 13.0 Å². The van der Waals surface area contributed by atoms with Gasteiger partial charge in [0.15, 0.2) is 0 Å². The predicted molar refractivity (Wildman–Crippen MR) is 66.4 cm³/mol. The van der Waals surface area contributed by atoms with Crippen molar-refractivity contribution in [2.75, 3.05) is 30.0 Å². The van der Waals surface area contributed by atoms with Crippen LogP contribution in [0.15, 0.2) is 18.2 Å². The Morgan fingerprint density at radius 1 is 1.50 bits per heavy atom. The van der Waals surface area contributed by atoms with Crippen LogP contribution in [0.1, 0.15) is 12.0 Å². The molecule has 2 aliphatic heterocycles. The molecule has 1 amide bonds. The number of carbonyl (C=O) groups excluding carboxylic acids is 1. The number of carbonyl (C=O) groups is 1. The third-order valence-electron chi connectivity index (χ3n) is 3.36. The van der Waals surface area contributed by atoms with Gasteiger partial charge >= 0.3 is 0 Å². The van der Waals surface area contributed by atoms with E-state index in [1.807, 2.05) is 6.07 Å². The number of hydrogen-bond acceptors (Lipinski definition) is 4. The number of benzene rings is 1. The van der Waals surface area contributed by atoms with Gasteiger partial charge in [-0.1, -0.05) is 0 Å². The van der Waals surface area contributed by atoms with Crippen LogP contribution in [0.5, 0.6) is 0 Å². The van der Waals surface area contributed by atoms with Crippen LogP contribution in [0, 0.1) is 11.3 Å². The number of rotatable bonds is 0. The summed E-state index contributed by atoms with van der Waals surface area (Å²) >= 11 is 0. The molecule has 1 N–H and O–H groups in total. The lowest BCUT2D eigenvalue weighted by Gasteiger charge is -2.36. The molecule has 1 unspecified atom stereocenters. The summed E-state index contributed by atoms with van der Waals surface area (Å²) < 4.78 is 5.43. The van der Waals surface area contributed by atoms with Crippen LogP contribution >= 0.6 is 0 Å². The molecule has 92 valence electrons. The van der Waals surface area contributed by atoms with E-state index in [9.17, 15) is 4.79 Å². The summed E-state index contributed by atoms with van der Waals surface area (Å²) in [5.74, 6) is -0.000965. The third kappa shape index (κ3) is 1.81. The predicted octanol–water partition coefficient (Wildman–Crippen LogP) is 1.11. The van der Waals surface area contributed by atoms with Crippen LogP contribution in [0.2, 0.25) is 0 Å². The van der Waals surface area contributed by atoms with Crippen LogP contribution in [0.25, 0.3) is 0 Å². The highest BCUT2D eigenvalue weighted by atomic mass is 16.5. The number of morpholine rings is 1. The van der Waals surface area contributed by atoms with Crippen molar-refractivity contribution in [2.45, 2.75) is 12.5 Å². The van der Waals surface area contributed by atoms with Gasteiger partial charge < -0.3 is 15.0 Å². The maximum absolute atomic E-state index is 11.8. The number of amides is 1. The second kappa shape index (κ2) is 4.31. The van der Waals surface area contributed by atoms with Gasteiger partial charge in [0.1, 0.15) is 0 Å². The monoisotopic (exact) mass is 243 g/mol. The number of nitrogens with zero attached hydrogens (tertiary/aromatic N) is 2. The molecule has 3 rings (SSSR count). The van der Waals surface area contributed by atoms with Gasteiger partial charge in [0.2, 0.25) is 5.91 Å². The smallest absolute Gasteiger partial charge is 0.226 e. The van der Waals surface area contributed by atoms with E-state index in [4.69, 9.17) is 10.00 Å². The van der Waals surface area contributed by atoms with Gasteiger partial charge in [-0.2, -0.15) is 5.26 Å². The Labute approximate surface area is 105 Å². The lowest BCUT2D eigenvalue weighted by atomic mass is 10.1. The van der Waals surface area contributed by atoms with E-state index in [-0.39, 0.29) is 11.9 Å². The van der Waals surface area contributed by atoms with Crippen molar-refractivity contribution in [1.29, 1.82) is 5.26 Å². The minimum atomic E-state index is -0.000965. The summed E-state index contributed by atoms with van der Waals surface area (Å²) in [7, 11) is 0. The van der Waals surface area contributed by atoms with Gasteiger partial charge in [0.05, 0.1) is 42.3 Å². The highest BCUT2D eigenvalue weighted by molar-refractivity contribution is 5.97. The zero-order valence-electron chi connectivity index (χ0n) is 9.85. The van der Waals surface area contributed by atoms with Crippen LogP contribution in [-0.2, 0) is 9.53 Å². The Balaban J connectivity index is 2.08. The highest BCUT2D eigenvalue weighted by Gasteiger charge is 2.30. The second-order valence-electron chi connectivity index (χ2n) is 4.52. The molecule has 1 saturated heterocycles. The SMILES string of the molecule is N#Cc1ccc2c(c1)N1CCOCC1CC(=O)N2. The molecular formula is C13H13N3O2. The number of ether oxygens (including phenoxy) is 1. The Hall–Kier alpha value is -2.06. The van der Waals surface area contributed by atoms with E-state index in [2.05, 4.69) is 16.3 Å². The largest absolute Gasteiger partial charge is 0.377 e. The Kier molecular flexibility index (Phi) is 2.65. The molecule has 0 aliphatic carbocycles. The van der Waals surface area contributed by atoms with Crippen molar-refractivity contribution in [3.63, 3.8) is 0 Å². The minimum absolute atomic E-state index is 0.000965. The molecule has 1 fully saturated rings. The quantitative estimate of drug-likeness (QED) is 0.741. The fraction of sp³-hybridized carbons (Fsp3) is 0.385. The van der Waals surface area contributed by atoms with Gasteiger partial charge in [0.25, 0.3) is 0 Å². The lowest BCUT2D eigenvalue weighted by molar-refractivity contribution is -0.116. The van der Waals surface area contributed by atoms with Gasteiger partial charge in [-0.15, -0.1) is 0 Å². The number of anilines is 2. The number of hydrogen-bond donors (Lipinski definition) is 1. The molecule has 1 aromatic rings. The molecule has 1 aromatic carbocycles. The topological polar surface area (TPSA) is 65.4 Å². The molecule has 18 heavy (non-hydrogen) atoms. The van der Waals surface area contributed by atoms with E-state index in [1.54, 1.807) is 12.1 Å². The molecule has 5 nitrogen and oxygen atoms in total. The van der Waals surface area contributed by atoms with Crippen molar-refractivity contribution in [3.05, 3.63) is 23.8 Å². The summed E-state index contributed by atoms with van der Waals surface area (Å²) in [6.45, 7) is 1.96. The van der Waals surface area contributed by atoms with Crippen molar-refractivity contribution in [3.8, 4) is 6.07 Å². The van der Waals surface area contributed by atoms with E-state index in [0.717, 1.165) is 17.9 Å².